The Bertz CT molecular complexity index is 857. The normalized spacial score (nSPS) is 19.4. The fraction of sp³-hybridized carbons (Fsp3) is 0.300. The summed E-state index contributed by atoms with van der Waals surface area (Å²) in [5.74, 6) is 1.45. The Kier molecular flexibility index (Phi) is 4.84. The zero-order valence-corrected chi connectivity index (χ0v) is 14.7. The van der Waals surface area contributed by atoms with Gasteiger partial charge in [-0.3, -0.25) is 9.97 Å². The predicted octanol–water partition coefficient (Wildman–Crippen LogP) is 3.44. The molecule has 1 aliphatic heterocycles. The van der Waals surface area contributed by atoms with E-state index >= 15 is 0 Å². The van der Waals surface area contributed by atoms with Crippen LogP contribution in [-0.2, 0) is 11.2 Å². The Morgan fingerprint density at radius 3 is 2.88 bits per heavy atom. The second-order valence-electron chi connectivity index (χ2n) is 6.25. The monoisotopic (exact) mass is 347 g/mol. The maximum absolute atomic E-state index is 5.94. The molecule has 0 saturated carbocycles. The minimum absolute atomic E-state index is 0.0259. The molecule has 6 heteroatoms. The standard InChI is InChI=1S/C20H21N5O/c1-2-15-12-18(25-20(23-15)17-7-3-4-10-22-17)24-16-8-11-26-19(16)14-6-5-9-21-13-14/h3-7,9-10,12-13,16,19H,2,8,11H2,1H3,(H,23,24,25)/t16-,19+/m0/s1. The fourth-order valence-corrected chi connectivity index (χ4v) is 3.16. The number of rotatable bonds is 5. The van der Waals surface area contributed by atoms with Crippen molar-refractivity contribution in [1.29, 1.82) is 0 Å². The summed E-state index contributed by atoms with van der Waals surface area (Å²) in [5.41, 5.74) is 2.84. The molecule has 3 aromatic heterocycles. The van der Waals surface area contributed by atoms with Crippen LogP contribution in [0.4, 0.5) is 5.82 Å². The second-order valence-corrected chi connectivity index (χ2v) is 6.25. The van der Waals surface area contributed by atoms with Crippen molar-refractivity contribution in [2.75, 3.05) is 11.9 Å². The molecule has 0 aromatic carbocycles. The topological polar surface area (TPSA) is 72.8 Å². The van der Waals surface area contributed by atoms with E-state index < -0.39 is 0 Å². The number of hydrogen-bond donors (Lipinski definition) is 1. The van der Waals surface area contributed by atoms with Gasteiger partial charge in [0.2, 0.25) is 0 Å². The number of nitrogens with zero attached hydrogens (tertiary/aromatic N) is 4. The molecule has 4 heterocycles. The van der Waals surface area contributed by atoms with Gasteiger partial charge in [0.15, 0.2) is 5.82 Å². The van der Waals surface area contributed by atoms with Crippen LogP contribution in [-0.4, -0.2) is 32.6 Å². The first-order valence-corrected chi connectivity index (χ1v) is 8.91. The van der Waals surface area contributed by atoms with Gasteiger partial charge in [-0.25, -0.2) is 9.97 Å². The number of nitrogens with one attached hydrogen (secondary N) is 1. The van der Waals surface area contributed by atoms with E-state index in [0.29, 0.717) is 5.82 Å². The molecule has 0 amide bonds. The van der Waals surface area contributed by atoms with Crippen LogP contribution in [0.5, 0.6) is 0 Å². The van der Waals surface area contributed by atoms with Gasteiger partial charge in [-0.1, -0.05) is 19.1 Å². The van der Waals surface area contributed by atoms with Gasteiger partial charge in [-0.05, 0) is 31.0 Å². The van der Waals surface area contributed by atoms with E-state index in [2.05, 4.69) is 38.2 Å². The van der Waals surface area contributed by atoms with E-state index in [9.17, 15) is 0 Å². The average Bonchev–Trinajstić information content (AvgIpc) is 3.17. The summed E-state index contributed by atoms with van der Waals surface area (Å²) < 4.78 is 5.94. The third-order valence-corrected chi connectivity index (χ3v) is 4.47. The van der Waals surface area contributed by atoms with E-state index in [1.165, 1.54) is 0 Å². The molecule has 1 saturated heterocycles. The van der Waals surface area contributed by atoms with Gasteiger partial charge < -0.3 is 10.1 Å². The van der Waals surface area contributed by atoms with Gasteiger partial charge in [-0.15, -0.1) is 0 Å². The SMILES string of the molecule is CCc1cc(N[C@H]2CCO[C@@H]2c2cccnc2)nc(-c2ccccn2)n1. The van der Waals surface area contributed by atoms with Crippen LogP contribution in [0.25, 0.3) is 11.5 Å². The van der Waals surface area contributed by atoms with Crippen LogP contribution < -0.4 is 5.32 Å². The number of pyridine rings is 2. The van der Waals surface area contributed by atoms with Crippen molar-refractivity contribution in [3.8, 4) is 11.5 Å². The van der Waals surface area contributed by atoms with Crippen molar-refractivity contribution in [2.45, 2.75) is 31.9 Å². The van der Waals surface area contributed by atoms with Crippen LogP contribution >= 0.6 is 0 Å². The van der Waals surface area contributed by atoms with Crippen LogP contribution in [0.1, 0.15) is 30.7 Å². The number of aryl methyl sites for hydroxylation is 1. The van der Waals surface area contributed by atoms with Gasteiger partial charge in [0.25, 0.3) is 0 Å². The molecule has 0 unspecified atom stereocenters. The van der Waals surface area contributed by atoms with Crippen LogP contribution in [0.15, 0.2) is 55.0 Å². The van der Waals surface area contributed by atoms with Gasteiger partial charge in [-0.2, -0.15) is 0 Å². The first-order valence-electron chi connectivity index (χ1n) is 8.91. The quantitative estimate of drug-likeness (QED) is 0.762. The van der Waals surface area contributed by atoms with Gasteiger partial charge >= 0.3 is 0 Å². The highest BCUT2D eigenvalue weighted by atomic mass is 16.5. The van der Waals surface area contributed by atoms with E-state index in [4.69, 9.17) is 4.74 Å². The summed E-state index contributed by atoms with van der Waals surface area (Å²) >= 11 is 0. The smallest absolute Gasteiger partial charge is 0.180 e. The molecule has 6 nitrogen and oxygen atoms in total. The third-order valence-electron chi connectivity index (χ3n) is 4.47. The fourth-order valence-electron chi connectivity index (χ4n) is 3.16. The first kappa shape index (κ1) is 16.6. The molecule has 0 spiro atoms. The summed E-state index contributed by atoms with van der Waals surface area (Å²) in [5, 5.41) is 3.54. The van der Waals surface area contributed by atoms with Crippen LogP contribution in [0.2, 0.25) is 0 Å². The molecular formula is C20H21N5O. The Morgan fingerprint density at radius 1 is 1.15 bits per heavy atom. The van der Waals surface area contributed by atoms with E-state index in [1.54, 1.807) is 12.4 Å². The first-order chi connectivity index (χ1) is 12.8. The third kappa shape index (κ3) is 3.55. The van der Waals surface area contributed by atoms with Gasteiger partial charge in [0, 0.05) is 42.5 Å². The lowest BCUT2D eigenvalue weighted by Crippen LogP contribution is -2.24. The minimum atomic E-state index is -0.0259. The highest BCUT2D eigenvalue weighted by molar-refractivity contribution is 5.53. The molecule has 0 aliphatic carbocycles. The molecule has 0 radical (unpaired) electrons. The molecule has 2 atom stereocenters. The molecule has 0 bridgehead atoms. The van der Waals surface area contributed by atoms with Crippen molar-refractivity contribution in [2.24, 2.45) is 0 Å². The lowest BCUT2D eigenvalue weighted by atomic mass is 10.0. The van der Waals surface area contributed by atoms with Crippen molar-refractivity contribution >= 4 is 5.82 Å². The van der Waals surface area contributed by atoms with E-state index in [1.807, 2.05) is 36.5 Å². The molecule has 132 valence electrons. The van der Waals surface area contributed by atoms with E-state index in [-0.39, 0.29) is 12.1 Å². The summed E-state index contributed by atoms with van der Waals surface area (Å²) in [4.78, 5) is 17.9. The number of ether oxygens (including phenoxy) is 1. The lowest BCUT2D eigenvalue weighted by Gasteiger charge is -2.21. The van der Waals surface area contributed by atoms with Crippen LogP contribution in [0.3, 0.4) is 0 Å². The maximum atomic E-state index is 5.94. The molecule has 1 fully saturated rings. The molecule has 26 heavy (non-hydrogen) atoms. The van der Waals surface area contributed by atoms with Crippen molar-refractivity contribution in [3.63, 3.8) is 0 Å². The largest absolute Gasteiger partial charge is 0.371 e. The molecule has 1 aliphatic rings. The molecular weight excluding hydrogens is 326 g/mol. The second kappa shape index (κ2) is 7.58. The number of hydrogen-bond acceptors (Lipinski definition) is 6. The molecule has 1 N–H and O–H groups in total. The highest BCUT2D eigenvalue weighted by Crippen LogP contribution is 2.31. The van der Waals surface area contributed by atoms with E-state index in [0.717, 1.165) is 42.2 Å². The van der Waals surface area contributed by atoms with Crippen molar-refractivity contribution < 1.29 is 4.74 Å². The average molecular weight is 347 g/mol. The molecule has 4 rings (SSSR count). The van der Waals surface area contributed by atoms with Crippen molar-refractivity contribution in [1.82, 2.24) is 19.9 Å². The number of anilines is 1. The highest BCUT2D eigenvalue weighted by Gasteiger charge is 2.30. The molecule has 3 aromatic rings. The Morgan fingerprint density at radius 2 is 2.12 bits per heavy atom. The summed E-state index contributed by atoms with van der Waals surface area (Å²) in [6.45, 7) is 2.81. The summed E-state index contributed by atoms with van der Waals surface area (Å²) in [6, 6.07) is 11.9. The predicted molar refractivity (Wildman–Crippen MR) is 99.6 cm³/mol. The zero-order valence-electron chi connectivity index (χ0n) is 14.7. The number of aromatic nitrogens is 4. The van der Waals surface area contributed by atoms with Gasteiger partial charge in [0.1, 0.15) is 17.6 Å². The minimum Gasteiger partial charge on any atom is -0.371 e. The maximum Gasteiger partial charge on any atom is 0.180 e. The lowest BCUT2D eigenvalue weighted by molar-refractivity contribution is 0.107. The Hall–Kier alpha value is -2.86. The van der Waals surface area contributed by atoms with Crippen molar-refractivity contribution in [3.05, 3.63) is 66.2 Å². The van der Waals surface area contributed by atoms with Gasteiger partial charge in [0.05, 0.1) is 6.04 Å². The Labute approximate surface area is 152 Å². The summed E-state index contributed by atoms with van der Waals surface area (Å²) in [7, 11) is 0. The van der Waals surface area contributed by atoms with Crippen LogP contribution in [0, 0.1) is 0 Å². The summed E-state index contributed by atoms with van der Waals surface area (Å²) in [6.07, 6.45) is 7.13. The zero-order chi connectivity index (χ0) is 17.8. The Balaban J connectivity index is 1.61.